The Hall–Kier alpha value is -0.370. The van der Waals surface area contributed by atoms with Gasteiger partial charge in [0.2, 0.25) is 0 Å². The Morgan fingerprint density at radius 2 is 2.00 bits per heavy atom. The number of nitrogens with one attached hydrogen (secondary N) is 1. The van der Waals surface area contributed by atoms with Crippen molar-refractivity contribution in [3.05, 3.63) is 0 Å². The van der Waals surface area contributed by atoms with Gasteiger partial charge < -0.3 is 10.5 Å². The maximum atomic E-state index is 9.06. The van der Waals surface area contributed by atoms with Gasteiger partial charge in [-0.1, -0.05) is 6.92 Å². The monoisotopic (exact) mass is 115 g/mol. The highest BCUT2D eigenvalue weighted by Gasteiger charge is 2.16. The van der Waals surface area contributed by atoms with E-state index in [0.717, 1.165) is 0 Å². The van der Waals surface area contributed by atoms with Crippen LogP contribution in [0.25, 0.3) is 0 Å². The molecule has 0 rings (SSSR count). The lowest BCUT2D eigenvalue weighted by Gasteiger charge is -2.16. The summed E-state index contributed by atoms with van der Waals surface area (Å²) in [6.45, 7) is 5.11. The molecule has 0 aromatic carbocycles. The largest absolute Gasteiger partial charge is 0.385 e. The molecule has 0 amide bonds. The third-order valence-corrected chi connectivity index (χ3v) is 1.09. The topological polar surface area (TPSA) is 44.1 Å². The first-order valence-electron chi connectivity index (χ1n) is 2.78. The highest BCUT2D eigenvalue weighted by molar-refractivity contribution is 5.88. The zero-order valence-electron chi connectivity index (χ0n) is 5.65. The van der Waals surface area contributed by atoms with Gasteiger partial charge in [-0.05, 0) is 20.3 Å². The second-order valence-corrected chi connectivity index (χ2v) is 2.39. The molecule has 0 aromatic rings. The molecule has 0 saturated carbocycles. The lowest BCUT2D eigenvalue weighted by Crippen LogP contribution is -2.29. The fourth-order valence-corrected chi connectivity index (χ4v) is 0.433. The zero-order chi connectivity index (χ0) is 6.78. The minimum absolute atomic E-state index is 0.387. The Morgan fingerprint density at radius 3 is 2.00 bits per heavy atom. The van der Waals surface area contributed by atoms with Crippen LogP contribution in [0.15, 0.2) is 0 Å². The first-order valence-corrected chi connectivity index (χ1v) is 2.78. The van der Waals surface area contributed by atoms with Gasteiger partial charge in [-0.15, -0.1) is 0 Å². The molecule has 0 aliphatic heterocycles. The van der Waals surface area contributed by atoms with E-state index in [-0.39, 0.29) is 0 Å². The molecule has 0 atom stereocenters. The normalized spacial score (nSPS) is 11.5. The SMILES string of the molecule is CCC(=N)C(C)(C)O. The predicted molar refractivity (Wildman–Crippen MR) is 34.3 cm³/mol. The Morgan fingerprint density at radius 1 is 1.62 bits per heavy atom. The molecule has 48 valence electrons. The molecular formula is C6H13NO. The molecule has 0 aromatic heterocycles. The van der Waals surface area contributed by atoms with Crippen molar-refractivity contribution >= 4 is 5.71 Å². The van der Waals surface area contributed by atoms with Crippen LogP contribution in [0.5, 0.6) is 0 Å². The van der Waals surface area contributed by atoms with Crippen LogP contribution < -0.4 is 0 Å². The Labute approximate surface area is 50.0 Å². The van der Waals surface area contributed by atoms with Crippen LogP contribution in [0.1, 0.15) is 27.2 Å². The summed E-state index contributed by atoms with van der Waals surface area (Å²) >= 11 is 0. The average Bonchev–Trinajstić information content (AvgIpc) is 1.62. The zero-order valence-corrected chi connectivity index (χ0v) is 5.65. The second kappa shape index (κ2) is 2.27. The first-order chi connectivity index (χ1) is 3.48. The van der Waals surface area contributed by atoms with Crippen LogP contribution in [0.3, 0.4) is 0 Å². The Bertz CT molecular complexity index is 91.2. The molecule has 0 bridgehead atoms. The van der Waals surface area contributed by atoms with Gasteiger partial charge in [0, 0.05) is 5.71 Å². The lowest BCUT2D eigenvalue weighted by molar-refractivity contribution is 0.151. The number of rotatable bonds is 2. The standard InChI is InChI=1S/C6H13NO/c1-4-5(7)6(2,3)8/h7-8H,4H2,1-3H3. The van der Waals surface area contributed by atoms with E-state index >= 15 is 0 Å². The predicted octanol–water partition coefficient (Wildman–Crippen LogP) is 1.19. The van der Waals surface area contributed by atoms with Crippen molar-refractivity contribution in [2.75, 3.05) is 0 Å². The van der Waals surface area contributed by atoms with Gasteiger partial charge in [0.05, 0.1) is 5.60 Å². The van der Waals surface area contributed by atoms with Crippen molar-refractivity contribution in [1.82, 2.24) is 0 Å². The molecule has 2 nitrogen and oxygen atoms in total. The summed E-state index contributed by atoms with van der Waals surface area (Å²) in [7, 11) is 0. The summed E-state index contributed by atoms with van der Waals surface area (Å²) in [5, 5.41) is 16.2. The van der Waals surface area contributed by atoms with Crippen LogP contribution in [0, 0.1) is 5.41 Å². The van der Waals surface area contributed by atoms with E-state index in [2.05, 4.69) is 0 Å². The molecule has 0 saturated heterocycles. The molecule has 0 fully saturated rings. The Balaban J connectivity index is 3.82. The molecule has 0 heterocycles. The van der Waals surface area contributed by atoms with Crippen molar-refractivity contribution in [2.24, 2.45) is 0 Å². The first kappa shape index (κ1) is 7.63. The van der Waals surface area contributed by atoms with E-state index in [0.29, 0.717) is 12.1 Å². The summed E-state index contributed by atoms with van der Waals surface area (Å²) in [6, 6.07) is 0. The molecule has 0 aliphatic rings. The van der Waals surface area contributed by atoms with Gasteiger partial charge in [-0.25, -0.2) is 0 Å². The van der Waals surface area contributed by atoms with Gasteiger partial charge >= 0.3 is 0 Å². The van der Waals surface area contributed by atoms with Crippen LogP contribution >= 0.6 is 0 Å². The molecule has 0 radical (unpaired) electrons. The number of hydrogen-bond donors (Lipinski definition) is 2. The van der Waals surface area contributed by atoms with Gasteiger partial charge in [-0.3, -0.25) is 0 Å². The fraction of sp³-hybridized carbons (Fsp3) is 0.833. The van der Waals surface area contributed by atoms with E-state index in [1.54, 1.807) is 13.8 Å². The minimum Gasteiger partial charge on any atom is -0.385 e. The van der Waals surface area contributed by atoms with Crippen LogP contribution in [0.4, 0.5) is 0 Å². The molecule has 0 unspecified atom stereocenters. The van der Waals surface area contributed by atoms with Gasteiger partial charge in [0.1, 0.15) is 0 Å². The molecular weight excluding hydrogens is 102 g/mol. The Kier molecular flexibility index (Phi) is 2.16. The van der Waals surface area contributed by atoms with E-state index < -0.39 is 5.60 Å². The lowest BCUT2D eigenvalue weighted by atomic mass is 10.0. The van der Waals surface area contributed by atoms with E-state index in [1.807, 2.05) is 6.92 Å². The van der Waals surface area contributed by atoms with Crippen LogP contribution in [-0.2, 0) is 0 Å². The van der Waals surface area contributed by atoms with E-state index in [9.17, 15) is 0 Å². The maximum Gasteiger partial charge on any atom is 0.0963 e. The van der Waals surface area contributed by atoms with Crippen molar-refractivity contribution in [1.29, 1.82) is 5.41 Å². The molecule has 0 aliphatic carbocycles. The minimum atomic E-state index is -0.908. The average molecular weight is 115 g/mol. The van der Waals surface area contributed by atoms with Gasteiger partial charge in [0.15, 0.2) is 0 Å². The van der Waals surface area contributed by atoms with Crippen LogP contribution in [0.2, 0.25) is 0 Å². The highest BCUT2D eigenvalue weighted by atomic mass is 16.3. The summed E-state index contributed by atoms with van der Waals surface area (Å²) in [4.78, 5) is 0. The van der Waals surface area contributed by atoms with E-state index in [1.165, 1.54) is 0 Å². The van der Waals surface area contributed by atoms with Gasteiger partial charge in [-0.2, -0.15) is 0 Å². The van der Waals surface area contributed by atoms with Crippen LogP contribution in [-0.4, -0.2) is 16.4 Å². The molecule has 2 heteroatoms. The van der Waals surface area contributed by atoms with Crippen molar-refractivity contribution in [3.63, 3.8) is 0 Å². The summed E-state index contributed by atoms with van der Waals surface area (Å²) in [5.74, 6) is 0. The molecule has 2 N–H and O–H groups in total. The summed E-state index contributed by atoms with van der Waals surface area (Å²) in [6.07, 6.45) is 0.628. The van der Waals surface area contributed by atoms with Crippen molar-refractivity contribution in [3.8, 4) is 0 Å². The molecule has 8 heavy (non-hydrogen) atoms. The number of hydrogen-bond acceptors (Lipinski definition) is 2. The van der Waals surface area contributed by atoms with Crippen molar-refractivity contribution < 1.29 is 5.11 Å². The van der Waals surface area contributed by atoms with Crippen molar-refractivity contribution in [2.45, 2.75) is 32.8 Å². The summed E-state index contributed by atoms with van der Waals surface area (Å²) < 4.78 is 0. The summed E-state index contributed by atoms with van der Waals surface area (Å²) in [5.41, 5.74) is -0.521. The molecule has 0 spiro atoms. The van der Waals surface area contributed by atoms with Gasteiger partial charge in [0.25, 0.3) is 0 Å². The number of aliphatic hydroxyl groups is 1. The second-order valence-electron chi connectivity index (χ2n) is 2.39. The third kappa shape index (κ3) is 2.07. The maximum absolute atomic E-state index is 9.06. The quantitative estimate of drug-likeness (QED) is 0.521. The highest BCUT2D eigenvalue weighted by Crippen LogP contribution is 2.04. The van der Waals surface area contributed by atoms with E-state index in [4.69, 9.17) is 10.5 Å². The fourth-order valence-electron chi connectivity index (χ4n) is 0.433. The smallest absolute Gasteiger partial charge is 0.0963 e. The third-order valence-electron chi connectivity index (χ3n) is 1.09.